The Morgan fingerprint density at radius 1 is 0.429 bits per heavy atom. The molecule has 0 saturated heterocycles. The minimum absolute atomic E-state index is 0.904. The Kier molecular flexibility index (Phi) is 37.5. The molecule has 0 amide bonds. The summed E-state index contributed by atoms with van der Waals surface area (Å²) in [5, 5.41) is 16.7. The van der Waals surface area contributed by atoms with E-state index in [0.717, 1.165) is 48.5 Å². The Bertz CT molecular complexity index is 474. The second-order valence-electron chi connectivity index (χ2n) is 13.9. The van der Waals surface area contributed by atoms with E-state index in [2.05, 4.69) is 56.1 Å². The molecule has 0 unspecified atom stereocenters. The quantitative estimate of drug-likeness (QED) is 0.0724. The lowest BCUT2D eigenvalue weighted by molar-refractivity contribution is -0.870. The summed E-state index contributed by atoms with van der Waals surface area (Å²) in [5.74, 6) is 0. The molecule has 0 N–H and O–H groups in total. The molecule has 0 rings (SSSR count). The lowest BCUT2D eigenvalue weighted by Crippen LogP contribution is -2.37. The largest absolute Gasteiger partial charge is 0.652 e. The molecule has 0 aliphatic heterocycles. The molecule has 0 bridgehead atoms. The average molecular weight is 605 g/mol. The molecule has 0 atom stereocenters. The minimum atomic E-state index is -2.33. The van der Waals surface area contributed by atoms with E-state index in [4.69, 9.17) is 24.5 Å². The fraction of sp³-hybridized carbons (Fsp3) is 0.971. The Balaban J connectivity index is -0.000000641. The zero-order valence-electron chi connectivity index (χ0n) is 29.8. The van der Waals surface area contributed by atoms with Gasteiger partial charge in [-0.15, -0.1) is 0 Å². The van der Waals surface area contributed by atoms with Crippen LogP contribution in [0.3, 0.4) is 0 Å². The maximum Gasteiger partial charge on any atom is 0.102 e. The first-order valence-electron chi connectivity index (χ1n) is 17.5. The van der Waals surface area contributed by atoms with Gasteiger partial charge in [0.05, 0.1) is 55.5 Å². The number of unbranched alkanes of at least 4 members (excludes halogenated alkanes) is 18. The van der Waals surface area contributed by atoms with Crippen LogP contribution in [0.2, 0.25) is 0 Å². The summed E-state index contributed by atoms with van der Waals surface area (Å²) in [6, 6.07) is 0. The van der Waals surface area contributed by atoms with Crippen LogP contribution in [-0.4, -0.2) is 96.9 Å². The van der Waals surface area contributed by atoms with Gasteiger partial charge in [0.1, 0.15) is 13.1 Å². The number of hydrogen-bond acceptors (Lipinski definition) is 5. The summed E-state index contributed by atoms with van der Waals surface area (Å²) in [6.07, 6.45) is 25.6. The predicted octanol–water partition coefficient (Wildman–Crippen LogP) is 6.81. The number of quaternary nitrogens is 2. The smallest absolute Gasteiger partial charge is 0.102 e. The van der Waals surface area contributed by atoms with E-state index in [1.54, 1.807) is 0 Å². The highest BCUT2D eigenvalue weighted by atomic mass is 16.6. The third-order valence-electron chi connectivity index (χ3n) is 7.10. The standard InChI is InChI=1S/2C17H38NO.CH2O3/c2*1-5-6-7-8-9-10-11-12-13-14-16-19-17-15-18(2,3)4;2-1(3)4/h2*5-17H2,1-4H3;(H2,2,3,4)/q2*+1;/p-2. The van der Waals surface area contributed by atoms with Gasteiger partial charge in [-0.1, -0.05) is 129 Å². The van der Waals surface area contributed by atoms with Crippen molar-refractivity contribution in [2.75, 3.05) is 81.8 Å². The highest BCUT2D eigenvalue weighted by molar-refractivity contribution is 5.47. The summed E-state index contributed by atoms with van der Waals surface area (Å²) in [6.45, 7) is 10.5. The number of nitrogens with zero attached hydrogens (tertiary/aromatic N) is 2. The van der Waals surface area contributed by atoms with Gasteiger partial charge in [0.2, 0.25) is 0 Å². The molecule has 0 aliphatic carbocycles. The molecule has 0 spiro atoms. The molecule has 7 nitrogen and oxygen atoms in total. The lowest BCUT2D eigenvalue weighted by Gasteiger charge is -2.23. The van der Waals surface area contributed by atoms with Crippen LogP contribution in [0.4, 0.5) is 4.79 Å². The molecule has 7 heteroatoms. The van der Waals surface area contributed by atoms with Gasteiger partial charge in [0.25, 0.3) is 0 Å². The van der Waals surface area contributed by atoms with E-state index >= 15 is 0 Å². The number of carbonyl (C=O) groups excluding carboxylic acids is 1. The van der Waals surface area contributed by atoms with Gasteiger partial charge in [-0.2, -0.15) is 0 Å². The molecule has 0 aliphatic rings. The maximum absolute atomic E-state index is 8.33. The molecular formula is C35H76N2O5. The third-order valence-corrected chi connectivity index (χ3v) is 7.10. The molecule has 0 radical (unpaired) electrons. The monoisotopic (exact) mass is 605 g/mol. The van der Waals surface area contributed by atoms with Gasteiger partial charge in [0, 0.05) is 13.2 Å². The van der Waals surface area contributed by atoms with Crippen LogP contribution in [0.1, 0.15) is 142 Å². The normalized spacial score (nSPS) is 11.4. The first-order chi connectivity index (χ1) is 19.9. The van der Waals surface area contributed by atoms with Crippen molar-refractivity contribution in [3.05, 3.63) is 0 Å². The predicted molar refractivity (Wildman–Crippen MR) is 177 cm³/mol. The van der Waals surface area contributed by atoms with Crippen molar-refractivity contribution < 1.29 is 33.4 Å². The van der Waals surface area contributed by atoms with Gasteiger partial charge in [-0.3, -0.25) is 0 Å². The third kappa shape index (κ3) is 58.7. The van der Waals surface area contributed by atoms with E-state index in [1.807, 2.05) is 0 Å². The van der Waals surface area contributed by atoms with E-state index in [9.17, 15) is 0 Å². The average Bonchev–Trinajstić information content (AvgIpc) is 2.88. The van der Waals surface area contributed by atoms with Crippen molar-refractivity contribution in [2.24, 2.45) is 0 Å². The zero-order chi connectivity index (χ0) is 32.4. The molecular weight excluding hydrogens is 528 g/mol. The van der Waals surface area contributed by atoms with E-state index in [0.29, 0.717) is 0 Å². The van der Waals surface area contributed by atoms with Crippen LogP contribution in [0.15, 0.2) is 0 Å². The van der Waals surface area contributed by atoms with Gasteiger partial charge < -0.3 is 33.4 Å². The Morgan fingerprint density at radius 2 is 0.643 bits per heavy atom. The second-order valence-corrected chi connectivity index (χ2v) is 13.9. The number of hydrogen-bond donors (Lipinski definition) is 0. The van der Waals surface area contributed by atoms with Crippen molar-refractivity contribution >= 4 is 6.16 Å². The first-order valence-corrected chi connectivity index (χ1v) is 17.5. The molecule has 0 fully saturated rings. The molecule has 42 heavy (non-hydrogen) atoms. The van der Waals surface area contributed by atoms with Crippen molar-refractivity contribution in [1.82, 2.24) is 0 Å². The van der Waals surface area contributed by atoms with Crippen LogP contribution < -0.4 is 10.2 Å². The SMILES string of the molecule is CCCCCCCCCCCCOCC[N+](C)(C)C.CCCCCCCCCCCCOCC[N+](C)(C)C.O=C([O-])[O-]. The fourth-order valence-electron chi connectivity index (χ4n) is 4.26. The van der Waals surface area contributed by atoms with E-state index < -0.39 is 6.16 Å². The van der Waals surface area contributed by atoms with Gasteiger partial charge in [-0.05, 0) is 19.0 Å². The zero-order valence-corrected chi connectivity index (χ0v) is 29.8. The summed E-state index contributed by atoms with van der Waals surface area (Å²) >= 11 is 0. The maximum atomic E-state index is 8.33. The number of carbonyl (C=O) groups is 1. The van der Waals surface area contributed by atoms with Gasteiger partial charge in [0.15, 0.2) is 0 Å². The summed E-state index contributed by atoms with van der Waals surface area (Å²) in [7, 11) is 13.3. The van der Waals surface area contributed by atoms with Crippen LogP contribution >= 0.6 is 0 Å². The Labute approximate surface area is 263 Å². The van der Waals surface area contributed by atoms with Gasteiger partial charge in [-0.25, -0.2) is 0 Å². The van der Waals surface area contributed by atoms with Crippen LogP contribution in [0, 0.1) is 0 Å². The minimum Gasteiger partial charge on any atom is -0.652 e. The second kappa shape index (κ2) is 34.6. The molecule has 0 saturated carbocycles. The summed E-state index contributed by atoms with van der Waals surface area (Å²) in [5.41, 5.74) is 0. The van der Waals surface area contributed by atoms with Crippen molar-refractivity contribution in [3.8, 4) is 0 Å². The number of likely N-dealkylation sites (N-methyl/N-ethyl adjacent to an activating group) is 2. The molecule has 0 aromatic rings. The molecule has 0 aromatic heterocycles. The molecule has 256 valence electrons. The van der Waals surface area contributed by atoms with Crippen LogP contribution in [0.25, 0.3) is 0 Å². The number of rotatable bonds is 28. The lowest BCUT2D eigenvalue weighted by atomic mass is 10.1. The number of carboxylic acid groups (broad SMARTS) is 2. The Morgan fingerprint density at radius 3 is 0.857 bits per heavy atom. The number of ether oxygens (including phenoxy) is 2. The van der Waals surface area contributed by atoms with Crippen LogP contribution in [0.5, 0.6) is 0 Å². The van der Waals surface area contributed by atoms with Crippen molar-refractivity contribution in [1.29, 1.82) is 0 Å². The van der Waals surface area contributed by atoms with Crippen molar-refractivity contribution in [2.45, 2.75) is 142 Å². The van der Waals surface area contributed by atoms with Gasteiger partial charge >= 0.3 is 0 Å². The summed E-state index contributed by atoms with van der Waals surface area (Å²) < 4.78 is 13.3. The molecule has 0 aromatic carbocycles. The van der Waals surface area contributed by atoms with E-state index in [1.165, 1.54) is 128 Å². The first kappa shape index (κ1) is 45.5. The Hall–Kier alpha value is -0.890. The van der Waals surface area contributed by atoms with Crippen molar-refractivity contribution in [3.63, 3.8) is 0 Å². The van der Waals surface area contributed by atoms with E-state index in [-0.39, 0.29) is 0 Å². The van der Waals surface area contributed by atoms with Crippen LogP contribution in [-0.2, 0) is 9.47 Å². The topological polar surface area (TPSA) is 81.7 Å². The molecule has 0 heterocycles. The fourth-order valence-corrected chi connectivity index (χ4v) is 4.26. The summed E-state index contributed by atoms with van der Waals surface area (Å²) in [4.78, 5) is 8.33. The highest BCUT2D eigenvalue weighted by Crippen LogP contribution is 2.11. The highest BCUT2D eigenvalue weighted by Gasteiger charge is 2.06.